The highest BCUT2D eigenvalue weighted by molar-refractivity contribution is 7.98. The Morgan fingerprint density at radius 1 is 1.12 bits per heavy atom. The van der Waals surface area contributed by atoms with Gasteiger partial charge in [0, 0.05) is 29.3 Å². The first kappa shape index (κ1) is 17.5. The lowest BCUT2D eigenvalue weighted by molar-refractivity contribution is -0.147. The Morgan fingerprint density at radius 3 is 2.40 bits per heavy atom. The van der Waals surface area contributed by atoms with E-state index < -0.39 is 11.4 Å². The quantitative estimate of drug-likeness (QED) is 0.826. The summed E-state index contributed by atoms with van der Waals surface area (Å²) in [5.74, 6) is -0.0444. The van der Waals surface area contributed by atoms with E-state index in [1.807, 2.05) is 42.5 Å². The highest BCUT2D eigenvalue weighted by atomic mass is 32.2. The highest BCUT2D eigenvalue weighted by Gasteiger charge is 2.42. The Bertz CT molecular complexity index is 760. The van der Waals surface area contributed by atoms with E-state index >= 15 is 0 Å². The first-order valence-electron chi connectivity index (χ1n) is 8.27. The number of amides is 1. The predicted molar refractivity (Wildman–Crippen MR) is 98.7 cm³/mol. The van der Waals surface area contributed by atoms with Crippen LogP contribution in [0.15, 0.2) is 59.5 Å². The van der Waals surface area contributed by atoms with E-state index in [0.29, 0.717) is 18.5 Å². The van der Waals surface area contributed by atoms with Gasteiger partial charge in [0.15, 0.2) is 0 Å². The number of nitrogens with zero attached hydrogens (tertiary/aromatic N) is 1. The Kier molecular flexibility index (Phi) is 5.13. The fourth-order valence-electron chi connectivity index (χ4n) is 2.93. The SMILES string of the molecule is CC1(C(=O)O)CCN(C(=O)c2ccc(SCc3ccccc3)cc2)C1. The van der Waals surface area contributed by atoms with Gasteiger partial charge in [-0.3, -0.25) is 9.59 Å². The Balaban J connectivity index is 1.60. The molecule has 3 rings (SSSR count). The minimum atomic E-state index is -0.838. The Hall–Kier alpha value is -2.27. The van der Waals surface area contributed by atoms with Crippen LogP contribution in [0.5, 0.6) is 0 Å². The summed E-state index contributed by atoms with van der Waals surface area (Å²) in [4.78, 5) is 26.6. The van der Waals surface area contributed by atoms with Gasteiger partial charge in [0.1, 0.15) is 0 Å². The molecule has 25 heavy (non-hydrogen) atoms. The van der Waals surface area contributed by atoms with Crippen LogP contribution in [-0.4, -0.2) is 35.0 Å². The zero-order chi connectivity index (χ0) is 17.9. The summed E-state index contributed by atoms with van der Waals surface area (Å²) in [6.45, 7) is 2.46. The molecule has 2 aromatic rings. The summed E-state index contributed by atoms with van der Waals surface area (Å²) >= 11 is 1.73. The Morgan fingerprint density at radius 2 is 1.80 bits per heavy atom. The van der Waals surface area contributed by atoms with E-state index in [2.05, 4.69) is 12.1 Å². The smallest absolute Gasteiger partial charge is 0.311 e. The van der Waals surface area contributed by atoms with E-state index in [0.717, 1.165) is 10.6 Å². The molecule has 1 unspecified atom stereocenters. The Labute approximate surface area is 151 Å². The van der Waals surface area contributed by atoms with E-state index in [4.69, 9.17) is 0 Å². The third-order valence-electron chi connectivity index (χ3n) is 4.63. The molecule has 4 nitrogen and oxygen atoms in total. The van der Waals surface area contributed by atoms with Gasteiger partial charge in [-0.15, -0.1) is 11.8 Å². The molecule has 0 aliphatic carbocycles. The molecule has 2 aromatic carbocycles. The second kappa shape index (κ2) is 7.31. The van der Waals surface area contributed by atoms with Crippen LogP contribution in [0.4, 0.5) is 0 Å². The number of hydrogen-bond acceptors (Lipinski definition) is 3. The van der Waals surface area contributed by atoms with Crippen molar-refractivity contribution in [3.8, 4) is 0 Å². The van der Waals surface area contributed by atoms with Crippen LogP contribution in [0, 0.1) is 5.41 Å². The molecule has 1 N–H and O–H groups in total. The van der Waals surface area contributed by atoms with Gasteiger partial charge in [-0.25, -0.2) is 0 Å². The van der Waals surface area contributed by atoms with E-state index in [1.54, 1.807) is 23.6 Å². The number of carboxylic acids is 1. The molecule has 0 saturated carbocycles. The average Bonchev–Trinajstić information content (AvgIpc) is 3.04. The third-order valence-corrected chi connectivity index (χ3v) is 5.71. The van der Waals surface area contributed by atoms with Crippen LogP contribution in [0.1, 0.15) is 29.3 Å². The van der Waals surface area contributed by atoms with Crippen LogP contribution < -0.4 is 0 Å². The minimum Gasteiger partial charge on any atom is -0.481 e. The van der Waals surface area contributed by atoms with Crippen molar-refractivity contribution < 1.29 is 14.7 Å². The molecule has 1 aliphatic heterocycles. The van der Waals surface area contributed by atoms with Crippen molar-refractivity contribution in [3.63, 3.8) is 0 Å². The lowest BCUT2D eigenvalue weighted by Crippen LogP contribution is -2.34. The fraction of sp³-hybridized carbons (Fsp3) is 0.300. The number of thioether (sulfide) groups is 1. The maximum absolute atomic E-state index is 12.6. The molecule has 1 fully saturated rings. The van der Waals surface area contributed by atoms with Gasteiger partial charge < -0.3 is 10.0 Å². The molecule has 0 bridgehead atoms. The number of rotatable bonds is 5. The molecule has 0 spiro atoms. The largest absolute Gasteiger partial charge is 0.481 e. The number of hydrogen-bond donors (Lipinski definition) is 1. The van der Waals surface area contributed by atoms with Crippen LogP contribution in [0.25, 0.3) is 0 Å². The van der Waals surface area contributed by atoms with Gasteiger partial charge in [-0.05, 0) is 43.2 Å². The summed E-state index contributed by atoms with van der Waals surface area (Å²) < 4.78 is 0. The van der Waals surface area contributed by atoms with E-state index in [9.17, 15) is 14.7 Å². The second-order valence-corrected chi connectivity index (χ2v) is 7.69. The zero-order valence-electron chi connectivity index (χ0n) is 14.1. The molecule has 0 aromatic heterocycles. The summed E-state index contributed by atoms with van der Waals surface area (Å²) in [7, 11) is 0. The van der Waals surface area contributed by atoms with Gasteiger partial charge >= 0.3 is 5.97 Å². The predicted octanol–water partition coefficient (Wildman–Crippen LogP) is 3.92. The van der Waals surface area contributed by atoms with Crippen molar-refractivity contribution in [1.29, 1.82) is 0 Å². The number of carbonyl (C=O) groups excluding carboxylic acids is 1. The van der Waals surface area contributed by atoms with Crippen LogP contribution >= 0.6 is 11.8 Å². The number of benzene rings is 2. The standard InChI is InChI=1S/C20H21NO3S/c1-20(19(23)24)11-12-21(14-20)18(22)16-7-9-17(10-8-16)25-13-15-5-3-2-4-6-15/h2-10H,11-14H2,1H3,(H,23,24). The third kappa shape index (κ3) is 4.04. The molecular formula is C20H21NO3S. The van der Waals surface area contributed by atoms with Gasteiger partial charge in [0.25, 0.3) is 5.91 Å². The molecule has 1 amide bonds. The summed E-state index contributed by atoms with van der Waals surface area (Å²) in [6.07, 6.45) is 0.499. The van der Waals surface area contributed by atoms with Gasteiger partial charge in [0.2, 0.25) is 0 Å². The summed E-state index contributed by atoms with van der Waals surface area (Å²) in [5.41, 5.74) is 1.04. The van der Waals surface area contributed by atoms with Crippen molar-refractivity contribution in [2.45, 2.75) is 24.0 Å². The molecule has 1 aliphatic rings. The highest BCUT2D eigenvalue weighted by Crippen LogP contribution is 2.31. The van der Waals surface area contributed by atoms with Gasteiger partial charge in [-0.2, -0.15) is 0 Å². The molecule has 1 heterocycles. The number of carboxylic acid groups (broad SMARTS) is 1. The maximum atomic E-state index is 12.6. The normalized spacial score (nSPS) is 19.8. The van der Waals surface area contributed by atoms with E-state index in [1.165, 1.54) is 5.56 Å². The van der Waals surface area contributed by atoms with Crippen molar-refractivity contribution >= 4 is 23.6 Å². The summed E-state index contributed by atoms with van der Waals surface area (Å²) in [6, 6.07) is 17.8. The first-order chi connectivity index (χ1) is 12.0. The van der Waals surface area contributed by atoms with Crippen LogP contribution in [0.3, 0.4) is 0 Å². The topological polar surface area (TPSA) is 57.6 Å². The number of carbonyl (C=O) groups is 2. The van der Waals surface area contributed by atoms with Gasteiger partial charge in [0.05, 0.1) is 5.41 Å². The second-order valence-electron chi connectivity index (χ2n) is 6.64. The molecule has 1 saturated heterocycles. The minimum absolute atomic E-state index is 0.0930. The van der Waals surface area contributed by atoms with Gasteiger partial charge in [-0.1, -0.05) is 30.3 Å². The summed E-state index contributed by atoms with van der Waals surface area (Å²) in [5, 5.41) is 9.29. The molecule has 5 heteroatoms. The fourth-order valence-corrected chi connectivity index (χ4v) is 3.78. The van der Waals surface area contributed by atoms with Crippen LogP contribution in [0.2, 0.25) is 0 Å². The number of likely N-dealkylation sites (tertiary alicyclic amines) is 1. The maximum Gasteiger partial charge on any atom is 0.311 e. The van der Waals surface area contributed by atoms with Crippen molar-refractivity contribution in [1.82, 2.24) is 4.90 Å². The van der Waals surface area contributed by atoms with E-state index in [-0.39, 0.29) is 12.5 Å². The number of aliphatic carboxylic acids is 1. The van der Waals surface area contributed by atoms with Crippen molar-refractivity contribution in [2.24, 2.45) is 5.41 Å². The zero-order valence-corrected chi connectivity index (χ0v) is 15.0. The monoisotopic (exact) mass is 355 g/mol. The molecular weight excluding hydrogens is 334 g/mol. The molecule has 130 valence electrons. The molecule has 1 atom stereocenters. The first-order valence-corrected chi connectivity index (χ1v) is 9.26. The van der Waals surface area contributed by atoms with Crippen LogP contribution in [-0.2, 0) is 10.5 Å². The molecule has 0 radical (unpaired) electrons. The lowest BCUT2D eigenvalue weighted by Gasteiger charge is -2.20. The van der Waals surface area contributed by atoms with Crippen molar-refractivity contribution in [3.05, 3.63) is 65.7 Å². The van der Waals surface area contributed by atoms with Crippen molar-refractivity contribution in [2.75, 3.05) is 13.1 Å². The average molecular weight is 355 g/mol. The lowest BCUT2D eigenvalue weighted by atomic mass is 9.90.